The molecule has 4 heteroatoms. The number of nitrogens with one attached hydrogen (secondary N) is 1. The maximum atomic E-state index is 12.3. The zero-order chi connectivity index (χ0) is 13.9. The van der Waals surface area contributed by atoms with Crippen molar-refractivity contribution in [3.63, 3.8) is 0 Å². The highest BCUT2D eigenvalue weighted by atomic mass is 32.1. The molecule has 0 fully saturated rings. The Morgan fingerprint density at radius 3 is 2.58 bits per heavy atom. The van der Waals surface area contributed by atoms with E-state index in [0.717, 1.165) is 4.88 Å². The normalized spacial score (nSPS) is 11.1. The summed E-state index contributed by atoms with van der Waals surface area (Å²) in [7, 11) is 1.57. The number of carbonyl (C=O) groups excluding carboxylic acids is 1. The van der Waals surface area contributed by atoms with E-state index >= 15 is 0 Å². The summed E-state index contributed by atoms with van der Waals surface area (Å²) in [6.07, 6.45) is 0. The van der Waals surface area contributed by atoms with Gasteiger partial charge in [-0.15, -0.1) is 11.3 Å². The molecule has 0 saturated heterocycles. The molecule has 1 heterocycles. The lowest BCUT2D eigenvalue weighted by molar-refractivity contribution is 0.0910. The van der Waals surface area contributed by atoms with E-state index < -0.39 is 5.54 Å². The second-order valence-electron chi connectivity index (χ2n) is 4.76. The van der Waals surface area contributed by atoms with E-state index in [2.05, 4.69) is 5.32 Å². The molecule has 0 aliphatic carbocycles. The van der Waals surface area contributed by atoms with Crippen molar-refractivity contribution in [1.82, 2.24) is 5.32 Å². The van der Waals surface area contributed by atoms with Crippen LogP contribution in [0.15, 0.2) is 41.8 Å². The highest BCUT2D eigenvalue weighted by Gasteiger charge is 2.25. The van der Waals surface area contributed by atoms with Gasteiger partial charge in [-0.05, 0) is 37.4 Å². The monoisotopic (exact) mass is 275 g/mol. The van der Waals surface area contributed by atoms with Crippen molar-refractivity contribution in [2.75, 3.05) is 7.11 Å². The number of para-hydroxylation sites is 1. The molecule has 2 rings (SSSR count). The smallest absolute Gasteiger partial charge is 0.255 e. The number of hydrogen-bond donors (Lipinski definition) is 1. The van der Waals surface area contributed by atoms with Gasteiger partial charge in [-0.3, -0.25) is 4.79 Å². The number of thiophene rings is 1. The molecular weight excluding hydrogens is 258 g/mol. The third kappa shape index (κ3) is 2.96. The SMILES string of the molecule is COc1ccccc1C(=O)NC(C)(C)c1cccs1. The first-order chi connectivity index (χ1) is 9.04. The lowest BCUT2D eigenvalue weighted by Gasteiger charge is -2.25. The van der Waals surface area contributed by atoms with Crippen LogP contribution in [0, 0.1) is 0 Å². The molecule has 19 heavy (non-hydrogen) atoms. The van der Waals surface area contributed by atoms with Gasteiger partial charge in [-0.25, -0.2) is 0 Å². The van der Waals surface area contributed by atoms with Crippen LogP contribution >= 0.6 is 11.3 Å². The molecule has 0 atom stereocenters. The van der Waals surface area contributed by atoms with Crippen molar-refractivity contribution >= 4 is 17.2 Å². The Kier molecular flexibility index (Phi) is 3.90. The van der Waals surface area contributed by atoms with Crippen molar-refractivity contribution in [3.8, 4) is 5.75 Å². The molecule has 1 N–H and O–H groups in total. The maximum Gasteiger partial charge on any atom is 0.255 e. The number of carbonyl (C=O) groups is 1. The lowest BCUT2D eigenvalue weighted by atomic mass is 10.0. The summed E-state index contributed by atoms with van der Waals surface area (Å²) in [6, 6.07) is 11.2. The maximum absolute atomic E-state index is 12.3. The molecule has 0 bridgehead atoms. The minimum Gasteiger partial charge on any atom is -0.496 e. The van der Waals surface area contributed by atoms with Gasteiger partial charge < -0.3 is 10.1 Å². The van der Waals surface area contributed by atoms with Crippen molar-refractivity contribution in [2.24, 2.45) is 0 Å². The fourth-order valence-electron chi connectivity index (χ4n) is 1.88. The largest absolute Gasteiger partial charge is 0.496 e. The minimum absolute atomic E-state index is 0.129. The molecule has 0 aliphatic heterocycles. The summed E-state index contributed by atoms with van der Waals surface area (Å²) < 4.78 is 5.21. The van der Waals surface area contributed by atoms with E-state index in [9.17, 15) is 4.79 Å². The van der Waals surface area contributed by atoms with Crippen LogP contribution in [0.4, 0.5) is 0 Å². The Balaban J connectivity index is 2.22. The average molecular weight is 275 g/mol. The highest BCUT2D eigenvalue weighted by Crippen LogP contribution is 2.26. The Labute approximate surface area is 117 Å². The van der Waals surface area contributed by atoms with Crippen LogP contribution in [0.5, 0.6) is 5.75 Å². The van der Waals surface area contributed by atoms with E-state index in [1.807, 2.05) is 43.5 Å². The molecule has 3 nitrogen and oxygen atoms in total. The number of hydrogen-bond acceptors (Lipinski definition) is 3. The third-order valence-corrected chi connectivity index (χ3v) is 4.11. The zero-order valence-corrected chi connectivity index (χ0v) is 12.1. The lowest BCUT2D eigenvalue weighted by Crippen LogP contribution is -2.40. The van der Waals surface area contributed by atoms with Crippen molar-refractivity contribution in [2.45, 2.75) is 19.4 Å². The van der Waals surface area contributed by atoms with E-state index in [-0.39, 0.29) is 5.91 Å². The molecule has 0 unspecified atom stereocenters. The van der Waals surface area contributed by atoms with E-state index in [4.69, 9.17) is 4.74 Å². The van der Waals surface area contributed by atoms with Gasteiger partial charge in [-0.2, -0.15) is 0 Å². The Morgan fingerprint density at radius 2 is 1.95 bits per heavy atom. The Bertz CT molecular complexity index is 561. The number of ether oxygens (including phenoxy) is 1. The number of amides is 1. The second-order valence-corrected chi connectivity index (χ2v) is 5.70. The van der Waals surface area contributed by atoms with Crippen LogP contribution in [0.1, 0.15) is 29.1 Å². The molecule has 0 aliphatic rings. The van der Waals surface area contributed by atoms with Gasteiger partial charge >= 0.3 is 0 Å². The van der Waals surface area contributed by atoms with Gasteiger partial charge in [-0.1, -0.05) is 18.2 Å². The third-order valence-electron chi connectivity index (χ3n) is 2.91. The molecule has 100 valence electrons. The Morgan fingerprint density at radius 1 is 1.21 bits per heavy atom. The van der Waals surface area contributed by atoms with Crippen molar-refractivity contribution < 1.29 is 9.53 Å². The predicted octanol–water partition coefficient (Wildman–Crippen LogP) is 3.42. The summed E-state index contributed by atoms with van der Waals surface area (Å²) in [5, 5.41) is 5.05. The van der Waals surface area contributed by atoms with Crippen LogP contribution in [0.3, 0.4) is 0 Å². The van der Waals surface area contributed by atoms with Crippen LogP contribution in [0.2, 0.25) is 0 Å². The highest BCUT2D eigenvalue weighted by molar-refractivity contribution is 7.10. The van der Waals surface area contributed by atoms with E-state index in [0.29, 0.717) is 11.3 Å². The average Bonchev–Trinajstić information content (AvgIpc) is 2.93. The molecule has 1 amide bonds. The second kappa shape index (κ2) is 5.45. The Hall–Kier alpha value is -1.81. The molecule has 0 saturated carbocycles. The van der Waals surface area contributed by atoms with Crippen LogP contribution in [-0.4, -0.2) is 13.0 Å². The molecule has 1 aromatic carbocycles. The summed E-state index contributed by atoms with van der Waals surface area (Å²) in [5.74, 6) is 0.456. The quantitative estimate of drug-likeness (QED) is 0.928. The van der Waals surface area contributed by atoms with Gasteiger partial charge in [0.1, 0.15) is 5.75 Å². The van der Waals surface area contributed by atoms with Gasteiger partial charge in [0, 0.05) is 4.88 Å². The minimum atomic E-state index is -0.397. The first-order valence-electron chi connectivity index (χ1n) is 6.04. The molecule has 0 radical (unpaired) electrons. The zero-order valence-electron chi connectivity index (χ0n) is 11.3. The molecule has 1 aromatic heterocycles. The van der Waals surface area contributed by atoms with Crippen LogP contribution in [0.25, 0.3) is 0 Å². The first-order valence-corrected chi connectivity index (χ1v) is 6.92. The topological polar surface area (TPSA) is 38.3 Å². The van der Waals surface area contributed by atoms with Gasteiger partial charge in [0.25, 0.3) is 5.91 Å². The predicted molar refractivity (Wildman–Crippen MR) is 77.8 cm³/mol. The summed E-state index contributed by atoms with van der Waals surface area (Å²) >= 11 is 1.63. The first kappa shape index (κ1) is 13.6. The van der Waals surface area contributed by atoms with Crippen LogP contribution in [-0.2, 0) is 5.54 Å². The van der Waals surface area contributed by atoms with Crippen LogP contribution < -0.4 is 10.1 Å². The van der Waals surface area contributed by atoms with Crippen molar-refractivity contribution in [3.05, 3.63) is 52.2 Å². The molecule has 0 spiro atoms. The summed E-state index contributed by atoms with van der Waals surface area (Å²) in [6.45, 7) is 3.98. The fraction of sp³-hybridized carbons (Fsp3) is 0.267. The van der Waals surface area contributed by atoms with Gasteiger partial charge in [0.15, 0.2) is 0 Å². The van der Waals surface area contributed by atoms with E-state index in [1.54, 1.807) is 30.6 Å². The van der Waals surface area contributed by atoms with E-state index in [1.165, 1.54) is 0 Å². The standard InChI is InChI=1S/C15H17NO2S/c1-15(2,13-9-6-10-19-13)16-14(17)11-7-4-5-8-12(11)18-3/h4-10H,1-3H3,(H,16,17). The molecular formula is C15H17NO2S. The van der Waals surface area contributed by atoms with Gasteiger partial charge in [0.2, 0.25) is 0 Å². The van der Waals surface area contributed by atoms with Crippen molar-refractivity contribution in [1.29, 1.82) is 0 Å². The molecule has 2 aromatic rings. The van der Waals surface area contributed by atoms with Gasteiger partial charge in [0.05, 0.1) is 18.2 Å². The summed E-state index contributed by atoms with van der Waals surface area (Å²) in [4.78, 5) is 13.5. The summed E-state index contributed by atoms with van der Waals surface area (Å²) in [5.41, 5.74) is 0.154. The number of methoxy groups -OCH3 is 1. The fourth-order valence-corrected chi connectivity index (χ4v) is 2.69. The number of rotatable bonds is 4. The number of benzene rings is 1.